The Morgan fingerprint density at radius 2 is 1.60 bits per heavy atom. The summed E-state index contributed by atoms with van der Waals surface area (Å²) in [6, 6.07) is 13.2. The smallest absolute Gasteiger partial charge is 0.414 e. The fraction of sp³-hybridized carbons (Fsp3) is 0.300. The average Bonchev–Trinajstić information content (AvgIpc) is 3.30. The van der Waals surface area contributed by atoms with Gasteiger partial charge in [-0.25, -0.2) is 14.0 Å². The number of hydrogen-bond donors (Lipinski definition) is 0. The fourth-order valence-electron chi connectivity index (χ4n) is 3.22. The molecular weight excluding hydrogens is 608 g/mol. The quantitative estimate of drug-likeness (QED) is 0.489. The molecule has 30 heavy (non-hydrogen) atoms. The van der Waals surface area contributed by atoms with Crippen LogP contribution in [0.4, 0.5) is 25.4 Å². The summed E-state index contributed by atoms with van der Waals surface area (Å²) in [6.07, 6.45) is -2.13. The van der Waals surface area contributed by atoms with Crippen molar-refractivity contribution in [1.82, 2.24) is 0 Å². The van der Waals surface area contributed by atoms with E-state index in [1.807, 2.05) is 18.2 Å². The normalized spacial score (nSPS) is 20.6. The number of hydrogen-bond acceptors (Lipinski definition) is 5. The molecule has 2 amide bonds. The van der Waals surface area contributed by atoms with Gasteiger partial charge in [-0.15, -0.1) is 6.54 Å². The van der Waals surface area contributed by atoms with Gasteiger partial charge in [0.2, 0.25) is 0 Å². The monoisotopic (exact) mass is 627 g/mol. The molecule has 2 heterocycles. The van der Waals surface area contributed by atoms with Gasteiger partial charge in [-0.1, -0.05) is 18.2 Å². The van der Waals surface area contributed by atoms with E-state index in [1.165, 1.54) is 21.9 Å². The Morgan fingerprint density at radius 3 is 2.23 bits per heavy atom. The maximum atomic E-state index is 14.4. The van der Waals surface area contributed by atoms with E-state index in [0.717, 1.165) is 5.69 Å². The molecule has 0 saturated carbocycles. The fourth-order valence-corrected chi connectivity index (χ4v) is 3.22. The summed E-state index contributed by atoms with van der Waals surface area (Å²) in [5.74, 6) is -0.651. The van der Waals surface area contributed by atoms with E-state index < -0.39 is 30.2 Å². The van der Waals surface area contributed by atoms with E-state index in [1.54, 1.807) is 18.2 Å². The second-order valence-corrected chi connectivity index (χ2v) is 6.70. The topological polar surface area (TPSA) is 92.1 Å². The van der Waals surface area contributed by atoms with Crippen LogP contribution >= 0.6 is 0 Å². The zero-order valence-corrected chi connectivity index (χ0v) is 20.7. The van der Waals surface area contributed by atoms with Crippen molar-refractivity contribution in [2.45, 2.75) is 12.2 Å². The van der Waals surface area contributed by atoms with E-state index in [9.17, 15) is 14.0 Å². The predicted molar refractivity (Wildman–Crippen MR) is 103 cm³/mol. The van der Waals surface area contributed by atoms with Gasteiger partial charge in [-0.3, -0.25) is 9.80 Å². The number of halogens is 1. The first-order valence-electron chi connectivity index (χ1n) is 9.13. The number of amides is 2. The molecule has 0 bridgehead atoms. The van der Waals surface area contributed by atoms with Crippen LogP contribution in [0.25, 0.3) is 5.73 Å². The van der Waals surface area contributed by atoms with Crippen molar-refractivity contribution in [3.63, 3.8) is 0 Å². The Morgan fingerprint density at radius 1 is 0.967 bits per heavy atom. The number of para-hydroxylation sites is 1. The maximum Gasteiger partial charge on any atom is 0.414 e. The number of ether oxygens (including phenoxy) is 3. The summed E-state index contributed by atoms with van der Waals surface area (Å²) in [6.45, 7) is 0.454. The minimum atomic E-state index is -0.645. The van der Waals surface area contributed by atoms with E-state index in [4.69, 9.17) is 19.9 Å². The molecule has 1 unspecified atom stereocenters. The molecule has 0 aliphatic carbocycles. The SMILES string of the molecule is [Ac].[NH-]C[C@H]1CN(c2ccc(OCC3CN(c4ccccc4)C(=O)O3)c(F)c2)C(=O)O1. The molecule has 10 heteroatoms. The van der Waals surface area contributed by atoms with Crippen LogP contribution in [-0.2, 0) is 9.47 Å². The summed E-state index contributed by atoms with van der Waals surface area (Å²) in [5, 5.41) is 0. The van der Waals surface area contributed by atoms with Gasteiger partial charge >= 0.3 is 12.2 Å². The molecular formula is C20H19AcFN3O5-. The van der Waals surface area contributed by atoms with Crippen LogP contribution in [0.1, 0.15) is 0 Å². The number of cyclic esters (lactones) is 2. The van der Waals surface area contributed by atoms with E-state index in [2.05, 4.69) is 0 Å². The van der Waals surface area contributed by atoms with Crippen molar-refractivity contribution in [3.05, 3.63) is 60.1 Å². The van der Waals surface area contributed by atoms with Crippen LogP contribution in [0.15, 0.2) is 48.5 Å². The molecule has 2 aromatic rings. The molecule has 2 aliphatic heterocycles. The molecule has 155 valence electrons. The summed E-state index contributed by atoms with van der Waals surface area (Å²) >= 11 is 0. The Balaban J connectivity index is 0.00000256. The van der Waals surface area contributed by atoms with E-state index in [-0.39, 0.29) is 69.5 Å². The van der Waals surface area contributed by atoms with Crippen molar-refractivity contribution in [1.29, 1.82) is 0 Å². The molecule has 1 radical (unpaired) electrons. The molecule has 1 N–H and O–H groups in total. The second kappa shape index (κ2) is 9.95. The second-order valence-electron chi connectivity index (χ2n) is 6.70. The average molecular weight is 627 g/mol. The van der Waals surface area contributed by atoms with Crippen molar-refractivity contribution in [2.24, 2.45) is 0 Å². The number of carbonyl (C=O) groups excluding carboxylic acids is 2. The molecule has 2 aliphatic rings. The minimum Gasteiger partial charge on any atom is -0.674 e. The van der Waals surface area contributed by atoms with Crippen LogP contribution in [0, 0.1) is 49.9 Å². The first-order chi connectivity index (χ1) is 14.0. The minimum absolute atomic E-state index is 0. The van der Waals surface area contributed by atoms with Gasteiger partial charge in [0.05, 0.1) is 18.8 Å². The van der Waals surface area contributed by atoms with Gasteiger partial charge in [0.1, 0.15) is 12.7 Å². The Hall–Kier alpha value is -1.89. The Bertz CT molecular complexity index is 917. The number of benzene rings is 2. The zero-order chi connectivity index (χ0) is 20.4. The summed E-state index contributed by atoms with van der Waals surface area (Å²) in [5.41, 5.74) is 8.35. The molecule has 2 atom stereocenters. The van der Waals surface area contributed by atoms with Gasteiger partial charge < -0.3 is 19.9 Å². The number of nitrogens with one attached hydrogen (secondary N) is 1. The summed E-state index contributed by atoms with van der Waals surface area (Å²) in [7, 11) is 0. The van der Waals surface area contributed by atoms with Crippen molar-refractivity contribution >= 4 is 23.6 Å². The van der Waals surface area contributed by atoms with Gasteiger partial charge in [0, 0.05) is 55.8 Å². The predicted octanol–water partition coefficient (Wildman–Crippen LogP) is 3.61. The van der Waals surface area contributed by atoms with Crippen molar-refractivity contribution in [2.75, 3.05) is 36.0 Å². The van der Waals surface area contributed by atoms with Gasteiger partial charge in [0.25, 0.3) is 0 Å². The van der Waals surface area contributed by atoms with E-state index >= 15 is 0 Å². The molecule has 4 rings (SSSR count). The summed E-state index contributed by atoms with van der Waals surface area (Å²) < 4.78 is 30.2. The number of anilines is 2. The molecule has 2 aromatic carbocycles. The van der Waals surface area contributed by atoms with Crippen LogP contribution < -0.4 is 14.5 Å². The standard InChI is InChI=1S/C20H19FN3O5.Ac/c21-17-8-14(24-10-15(9-22)28-20(24)26)6-7-18(17)27-12-16-11-23(19(25)29-16)13-4-2-1-3-5-13;/h1-8,15-16,22H,9-12H2;/q-1;/t15-,16?;/m0./s1. The molecule has 8 nitrogen and oxygen atoms in total. The van der Waals surface area contributed by atoms with Gasteiger partial charge in [-0.2, -0.15) is 0 Å². The molecule has 0 spiro atoms. The van der Waals surface area contributed by atoms with Crippen molar-refractivity contribution in [3.8, 4) is 5.75 Å². The summed E-state index contributed by atoms with van der Waals surface area (Å²) in [4.78, 5) is 26.7. The van der Waals surface area contributed by atoms with Gasteiger partial charge in [-0.05, 0) is 24.3 Å². The largest absolute Gasteiger partial charge is 0.674 e. The zero-order valence-electron chi connectivity index (χ0n) is 16.0. The number of rotatable bonds is 6. The third-order valence-electron chi connectivity index (χ3n) is 4.70. The third-order valence-corrected chi connectivity index (χ3v) is 4.70. The van der Waals surface area contributed by atoms with Gasteiger partial charge in [0.15, 0.2) is 17.7 Å². The maximum absolute atomic E-state index is 14.4. The Kier molecular flexibility index (Phi) is 7.56. The molecule has 2 fully saturated rings. The molecule has 2 saturated heterocycles. The first-order valence-corrected chi connectivity index (χ1v) is 9.13. The Labute approximate surface area is 208 Å². The van der Waals surface area contributed by atoms with Crippen LogP contribution in [0.5, 0.6) is 5.75 Å². The first kappa shape index (κ1) is 22.8. The van der Waals surface area contributed by atoms with E-state index in [0.29, 0.717) is 12.2 Å². The number of nitrogens with zero attached hydrogens (tertiary/aromatic N) is 2. The van der Waals surface area contributed by atoms with Crippen LogP contribution in [0.3, 0.4) is 0 Å². The third kappa shape index (κ3) is 4.88. The van der Waals surface area contributed by atoms with Crippen LogP contribution in [-0.4, -0.2) is 50.6 Å². The number of carbonyl (C=O) groups is 2. The van der Waals surface area contributed by atoms with Crippen molar-refractivity contribution < 1.29 is 72.3 Å². The van der Waals surface area contributed by atoms with Crippen LogP contribution in [0.2, 0.25) is 0 Å². The molecule has 0 aromatic heterocycles.